The van der Waals surface area contributed by atoms with E-state index in [9.17, 15) is 9.59 Å². The maximum absolute atomic E-state index is 12.7. The van der Waals surface area contributed by atoms with Gasteiger partial charge in [-0.3, -0.25) is 9.59 Å². The van der Waals surface area contributed by atoms with Gasteiger partial charge in [-0.25, -0.2) is 0 Å². The maximum Gasteiger partial charge on any atom is 0.228 e. The van der Waals surface area contributed by atoms with Gasteiger partial charge in [-0.1, -0.05) is 13.8 Å². The zero-order valence-electron chi connectivity index (χ0n) is 17.5. The number of nitrogens with zero attached hydrogens (tertiary/aromatic N) is 1. The molecule has 1 aliphatic rings. The van der Waals surface area contributed by atoms with Gasteiger partial charge < -0.3 is 15.0 Å². The lowest BCUT2D eigenvalue weighted by atomic mass is 10.0. The van der Waals surface area contributed by atoms with Crippen LogP contribution in [0, 0.1) is 5.92 Å². The van der Waals surface area contributed by atoms with Crippen LogP contribution in [0.3, 0.4) is 0 Å². The summed E-state index contributed by atoms with van der Waals surface area (Å²) < 4.78 is 6.76. The fourth-order valence-electron chi connectivity index (χ4n) is 3.68. The minimum atomic E-state index is -0.160. The maximum atomic E-state index is 12.7. The van der Waals surface area contributed by atoms with E-state index in [1.165, 1.54) is 0 Å². The largest absolute Gasteiger partial charge is 0.378 e. The molecule has 0 saturated heterocycles. The fourth-order valence-corrected chi connectivity index (χ4v) is 5.15. The minimum Gasteiger partial charge on any atom is -0.378 e. The lowest BCUT2D eigenvalue weighted by molar-refractivity contribution is -0.135. The molecule has 158 valence electrons. The molecule has 1 fully saturated rings. The van der Waals surface area contributed by atoms with E-state index in [-0.39, 0.29) is 35.9 Å². The number of amides is 2. The number of halogens is 1. The van der Waals surface area contributed by atoms with Gasteiger partial charge in [0, 0.05) is 30.6 Å². The summed E-state index contributed by atoms with van der Waals surface area (Å²) in [7, 11) is 1.88. The van der Waals surface area contributed by atoms with Gasteiger partial charge in [0.25, 0.3) is 0 Å². The van der Waals surface area contributed by atoms with Crippen LogP contribution < -0.4 is 5.32 Å². The molecule has 1 aromatic rings. The van der Waals surface area contributed by atoms with Gasteiger partial charge >= 0.3 is 0 Å². The summed E-state index contributed by atoms with van der Waals surface area (Å²) in [4.78, 5) is 28.2. The van der Waals surface area contributed by atoms with Crippen LogP contribution in [-0.2, 0) is 14.3 Å². The van der Waals surface area contributed by atoms with Crippen LogP contribution in [0.4, 0.5) is 0 Å². The van der Waals surface area contributed by atoms with Crippen LogP contribution in [0.2, 0.25) is 0 Å². The summed E-state index contributed by atoms with van der Waals surface area (Å²) in [5.74, 6) is 0.338. The summed E-state index contributed by atoms with van der Waals surface area (Å²) in [6, 6.07) is 4.28. The molecule has 1 saturated carbocycles. The highest BCUT2D eigenvalue weighted by Crippen LogP contribution is 2.30. The van der Waals surface area contributed by atoms with E-state index >= 15 is 0 Å². The summed E-state index contributed by atoms with van der Waals surface area (Å²) in [5, 5.41) is 3.18. The van der Waals surface area contributed by atoms with E-state index in [0.717, 1.165) is 27.9 Å². The highest BCUT2D eigenvalue weighted by molar-refractivity contribution is 9.11. The molecule has 2 rings (SSSR count). The van der Waals surface area contributed by atoms with Gasteiger partial charge in [-0.2, -0.15) is 0 Å². The lowest BCUT2D eigenvalue weighted by Gasteiger charge is -2.28. The van der Waals surface area contributed by atoms with Crippen LogP contribution >= 0.6 is 27.3 Å². The number of thiophene rings is 1. The van der Waals surface area contributed by atoms with Crippen LogP contribution in [0.5, 0.6) is 0 Å². The lowest BCUT2D eigenvalue weighted by Crippen LogP contribution is -2.41. The van der Waals surface area contributed by atoms with Crippen molar-refractivity contribution in [1.29, 1.82) is 0 Å². The summed E-state index contributed by atoms with van der Waals surface area (Å²) >= 11 is 5.05. The Balaban J connectivity index is 1.85. The van der Waals surface area contributed by atoms with Gasteiger partial charge in [-0.15, -0.1) is 11.3 Å². The molecule has 5 nitrogen and oxygen atoms in total. The predicted molar refractivity (Wildman–Crippen MR) is 118 cm³/mol. The molecule has 0 aliphatic heterocycles. The fraction of sp³-hybridized carbons (Fsp3) is 0.714. The Bertz CT molecular complexity index is 664. The van der Waals surface area contributed by atoms with E-state index in [0.29, 0.717) is 18.9 Å². The van der Waals surface area contributed by atoms with Crippen molar-refractivity contribution in [2.45, 2.75) is 77.5 Å². The predicted octanol–water partition coefficient (Wildman–Crippen LogP) is 4.56. The normalized spacial score (nSPS) is 21.5. The number of carbonyl (C=O) groups is 2. The summed E-state index contributed by atoms with van der Waals surface area (Å²) in [6.45, 7) is 8.69. The molecule has 4 atom stereocenters. The second kappa shape index (κ2) is 10.7. The number of hydrogen-bond acceptors (Lipinski definition) is 4. The van der Waals surface area contributed by atoms with Gasteiger partial charge in [0.1, 0.15) is 0 Å². The van der Waals surface area contributed by atoms with Crippen molar-refractivity contribution in [3.63, 3.8) is 0 Å². The van der Waals surface area contributed by atoms with Crippen LogP contribution in [0.15, 0.2) is 15.9 Å². The molecule has 1 heterocycles. The van der Waals surface area contributed by atoms with Crippen molar-refractivity contribution in [1.82, 2.24) is 10.2 Å². The van der Waals surface area contributed by atoms with Crippen molar-refractivity contribution < 1.29 is 14.3 Å². The van der Waals surface area contributed by atoms with Crippen LogP contribution in [0.1, 0.15) is 64.2 Å². The molecule has 1 aliphatic carbocycles. The summed E-state index contributed by atoms with van der Waals surface area (Å²) in [6.07, 6.45) is 3.03. The first-order valence-electron chi connectivity index (χ1n) is 10.2. The van der Waals surface area contributed by atoms with Gasteiger partial charge in [-0.05, 0) is 67.1 Å². The third-order valence-electron chi connectivity index (χ3n) is 5.61. The molecule has 0 spiro atoms. The first-order chi connectivity index (χ1) is 13.2. The molecule has 4 unspecified atom stereocenters. The summed E-state index contributed by atoms with van der Waals surface area (Å²) in [5.41, 5.74) is 0. The molecule has 1 aromatic heterocycles. The Labute approximate surface area is 181 Å². The zero-order chi connectivity index (χ0) is 20.8. The molecule has 28 heavy (non-hydrogen) atoms. The van der Waals surface area contributed by atoms with Crippen molar-refractivity contribution in [3.8, 4) is 0 Å². The van der Waals surface area contributed by atoms with Gasteiger partial charge in [0.2, 0.25) is 11.8 Å². The monoisotopic (exact) mass is 472 g/mol. The van der Waals surface area contributed by atoms with E-state index in [1.807, 2.05) is 37.9 Å². The van der Waals surface area contributed by atoms with Crippen molar-refractivity contribution in [3.05, 3.63) is 20.8 Å². The second-order valence-electron chi connectivity index (χ2n) is 7.98. The molecule has 2 amide bonds. The number of hydrogen-bond donors (Lipinski definition) is 1. The Morgan fingerprint density at radius 2 is 2.04 bits per heavy atom. The Kier molecular flexibility index (Phi) is 8.96. The minimum absolute atomic E-state index is 0.0391. The van der Waals surface area contributed by atoms with E-state index in [4.69, 9.17) is 4.74 Å². The van der Waals surface area contributed by atoms with Gasteiger partial charge in [0.15, 0.2) is 0 Å². The molecule has 0 bridgehead atoms. The molecule has 0 radical (unpaired) electrons. The number of carbonyl (C=O) groups excluding carboxylic acids is 2. The third-order valence-corrected chi connectivity index (χ3v) is 7.41. The molecular weight excluding hydrogens is 440 g/mol. The van der Waals surface area contributed by atoms with Crippen LogP contribution in [-0.4, -0.2) is 48.6 Å². The van der Waals surface area contributed by atoms with Crippen molar-refractivity contribution in [2.75, 3.05) is 13.7 Å². The Hall–Kier alpha value is -0.920. The first kappa shape index (κ1) is 23.4. The first-order valence-corrected chi connectivity index (χ1v) is 11.8. The molecular formula is C21H33BrN2O3S. The number of nitrogens with one attached hydrogen (secondary N) is 1. The molecule has 7 heteroatoms. The SMILES string of the molecule is CCOC(CC(=O)N(C)C1CCC(NC(=O)C(C)c2ccc(Br)s2)C1)C(C)C. The zero-order valence-corrected chi connectivity index (χ0v) is 19.9. The highest BCUT2D eigenvalue weighted by Gasteiger charge is 2.32. The van der Waals surface area contributed by atoms with Crippen molar-refractivity contribution >= 4 is 39.1 Å². The number of ether oxygens (including phenoxy) is 1. The van der Waals surface area contributed by atoms with Crippen LogP contribution in [0.25, 0.3) is 0 Å². The molecule has 0 aromatic carbocycles. The number of rotatable bonds is 9. The smallest absolute Gasteiger partial charge is 0.228 e. The highest BCUT2D eigenvalue weighted by atomic mass is 79.9. The van der Waals surface area contributed by atoms with E-state index < -0.39 is 0 Å². The van der Waals surface area contributed by atoms with Crippen molar-refractivity contribution in [2.24, 2.45) is 5.92 Å². The van der Waals surface area contributed by atoms with E-state index in [1.54, 1.807) is 11.3 Å². The quantitative estimate of drug-likeness (QED) is 0.572. The average Bonchev–Trinajstić information content (AvgIpc) is 3.28. The van der Waals surface area contributed by atoms with E-state index in [2.05, 4.69) is 35.1 Å². The standard InChI is InChI=1S/C21H33BrN2O3S/c1-6-27-17(13(2)3)12-20(25)24(5)16-8-7-15(11-16)23-21(26)14(4)18-9-10-19(22)28-18/h9-10,13-17H,6-8,11-12H2,1-5H3,(H,23,26). The van der Waals surface area contributed by atoms with Gasteiger partial charge in [0.05, 0.1) is 22.2 Å². The average molecular weight is 473 g/mol. The molecule has 1 N–H and O–H groups in total. The third kappa shape index (κ3) is 6.29. The second-order valence-corrected chi connectivity index (χ2v) is 10.5. The topological polar surface area (TPSA) is 58.6 Å². The Morgan fingerprint density at radius 1 is 1.32 bits per heavy atom. The Morgan fingerprint density at radius 3 is 2.61 bits per heavy atom.